The van der Waals surface area contributed by atoms with Crippen molar-refractivity contribution < 1.29 is 52.9 Å². The van der Waals surface area contributed by atoms with E-state index in [-0.39, 0.29) is 40.7 Å². The molecule has 0 radical (unpaired) electrons. The van der Waals surface area contributed by atoms with E-state index in [1.165, 1.54) is 36.4 Å². The fraction of sp³-hybridized carbons (Fsp3) is 0.250. The number of carboxylic acids is 1. The molecule has 13 heteroatoms. The van der Waals surface area contributed by atoms with Crippen molar-refractivity contribution in [3.63, 3.8) is 0 Å². The fourth-order valence-corrected chi connectivity index (χ4v) is 5.64. The Morgan fingerprint density at radius 1 is 0.951 bits per heavy atom. The van der Waals surface area contributed by atoms with Gasteiger partial charge in [-0.2, -0.15) is 4.31 Å². The first kappa shape index (κ1) is 28.1. The van der Waals surface area contributed by atoms with Crippen molar-refractivity contribution in [3.05, 3.63) is 76.9 Å². The Hall–Kier alpha value is -4.46. The molecule has 3 aromatic rings. The lowest BCUT2D eigenvalue weighted by molar-refractivity contribution is -0.873. The van der Waals surface area contributed by atoms with Gasteiger partial charge in [0, 0.05) is 28.8 Å². The molecular formula is C28H27N2O10S+. The van der Waals surface area contributed by atoms with Gasteiger partial charge in [0.15, 0.2) is 5.60 Å². The molecule has 1 atom stereocenters. The number of phenolic OH excluding ortho intramolecular Hbond substituents is 2. The van der Waals surface area contributed by atoms with Crippen LogP contribution in [-0.4, -0.2) is 76.7 Å². The van der Waals surface area contributed by atoms with Crippen LogP contribution in [0.5, 0.6) is 23.0 Å². The van der Waals surface area contributed by atoms with Gasteiger partial charge in [0.2, 0.25) is 0 Å². The van der Waals surface area contributed by atoms with Crippen molar-refractivity contribution in [2.45, 2.75) is 18.1 Å². The summed E-state index contributed by atoms with van der Waals surface area (Å²) >= 11 is 0.460. The number of esters is 1. The summed E-state index contributed by atoms with van der Waals surface area (Å²) in [5.41, 5.74) is -0.0694. The first-order chi connectivity index (χ1) is 19.3. The van der Waals surface area contributed by atoms with Crippen LogP contribution in [0.15, 0.2) is 54.6 Å². The highest BCUT2D eigenvalue weighted by atomic mass is 32.2. The highest BCUT2D eigenvalue weighted by molar-refractivity contribution is 7.96. The number of amides is 1. The molecule has 4 N–H and O–H groups in total. The first-order valence-electron chi connectivity index (χ1n) is 12.4. The molecule has 41 heavy (non-hydrogen) atoms. The van der Waals surface area contributed by atoms with Gasteiger partial charge in [0.05, 0.1) is 38.8 Å². The van der Waals surface area contributed by atoms with Gasteiger partial charge in [-0.1, -0.05) is 6.07 Å². The SMILES string of the molecule is C[N+](C)(C)C[C@H](CC(=O)O)OSN(C(=O)O)c1ccc2c(c1)C(=O)OC21c2ccc(O)cc2Oc2cc(O)ccc21. The van der Waals surface area contributed by atoms with Gasteiger partial charge in [0.25, 0.3) is 0 Å². The van der Waals surface area contributed by atoms with E-state index in [0.29, 0.717) is 39.9 Å². The van der Waals surface area contributed by atoms with Gasteiger partial charge >= 0.3 is 18.0 Å². The van der Waals surface area contributed by atoms with Gasteiger partial charge in [-0.25, -0.2) is 9.59 Å². The number of aliphatic carboxylic acids is 1. The maximum Gasteiger partial charge on any atom is 0.423 e. The molecule has 5 rings (SSSR count). The van der Waals surface area contributed by atoms with E-state index in [4.69, 9.17) is 13.7 Å². The number of carbonyl (C=O) groups excluding carboxylic acids is 1. The molecule has 12 nitrogen and oxygen atoms in total. The van der Waals surface area contributed by atoms with Crippen molar-refractivity contribution in [3.8, 4) is 23.0 Å². The Morgan fingerprint density at radius 3 is 2.07 bits per heavy atom. The molecule has 2 aliphatic rings. The van der Waals surface area contributed by atoms with Gasteiger partial charge in [0.1, 0.15) is 47.9 Å². The third-order valence-electron chi connectivity index (χ3n) is 6.57. The molecule has 3 aromatic carbocycles. The van der Waals surface area contributed by atoms with Crippen molar-refractivity contribution in [1.29, 1.82) is 0 Å². The molecule has 2 aliphatic heterocycles. The lowest BCUT2D eigenvalue weighted by atomic mass is 9.77. The summed E-state index contributed by atoms with van der Waals surface area (Å²) in [7, 11) is 5.57. The second-order valence-corrected chi connectivity index (χ2v) is 11.4. The summed E-state index contributed by atoms with van der Waals surface area (Å²) in [6.07, 6.45) is -2.53. The second kappa shape index (κ2) is 10.2. The van der Waals surface area contributed by atoms with Crippen LogP contribution < -0.4 is 9.04 Å². The van der Waals surface area contributed by atoms with Crippen LogP contribution in [0, 0.1) is 0 Å². The van der Waals surface area contributed by atoms with Gasteiger partial charge in [-0.3, -0.25) is 8.98 Å². The predicted octanol–water partition coefficient (Wildman–Crippen LogP) is 4.28. The molecule has 0 bridgehead atoms. The standard InChI is InChI=1S/C28H26N2O10S/c1-30(2,3)14-18(13-25(33)34)40-41-29(27(36)37)15-4-7-20-19(10-15)26(35)39-28(20)21-8-5-16(31)11-23(21)38-24-12-17(32)6-9-22(24)28/h4-12,18H,13-14H2,1-3H3,(H3-,31,32,33,34,36,37)/p+1/t18-/m0/s1. The van der Waals surface area contributed by atoms with Gasteiger partial charge in [-0.15, -0.1) is 0 Å². The van der Waals surface area contributed by atoms with Crippen LogP contribution in [0.4, 0.5) is 10.5 Å². The number of fused-ring (bicyclic) bond motifs is 6. The Bertz CT molecular complexity index is 1520. The van der Waals surface area contributed by atoms with E-state index in [9.17, 15) is 34.8 Å². The molecule has 0 saturated heterocycles. The average molecular weight is 584 g/mol. The topological polar surface area (TPSA) is 163 Å². The molecule has 0 aliphatic carbocycles. The van der Waals surface area contributed by atoms with E-state index in [0.717, 1.165) is 4.31 Å². The minimum Gasteiger partial charge on any atom is -0.508 e. The Labute approximate surface area is 238 Å². The van der Waals surface area contributed by atoms with Crippen LogP contribution in [0.1, 0.15) is 33.5 Å². The number of hydrogen-bond acceptors (Lipinski definition) is 9. The van der Waals surface area contributed by atoms with Crippen LogP contribution in [0.25, 0.3) is 0 Å². The lowest BCUT2D eigenvalue weighted by Gasteiger charge is -2.36. The Morgan fingerprint density at radius 2 is 1.54 bits per heavy atom. The zero-order valence-corrected chi connectivity index (χ0v) is 23.0. The van der Waals surface area contributed by atoms with Crippen LogP contribution in [-0.2, 0) is 19.3 Å². The molecule has 0 unspecified atom stereocenters. The first-order valence-corrected chi connectivity index (χ1v) is 13.1. The number of nitrogens with zero attached hydrogens (tertiary/aromatic N) is 2. The molecule has 214 valence electrons. The van der Waals surface area contributed by atoms with Gasteiger partial charge in [-0.05, 0) is 36.4 Å². The molecule has 0 aromatic heterocycles. The van der Waals surface area contributed by atoms with Crippen molar-refractivity contribution in [1.82, 2.24) is 0 Å². The third-order valence-corrected chi connectivity index (χ3v) is 7.45. The second-order valence-electron chi connectivity index (χ2n) is 10.7. The number of carboxylic acid groups (broad SMARTS) is 2. The number of rotatable bonds is 8. The fourth-order valence-electron chi connectivity index (χ4n) is 5.04. The number of quaternary nitrogens is 1. The molecule has 2 heterocycles. The lowest BCUT2D eigenvalue weighted by Crippen LogP contribution is -2.43. The van der Waals surface area contributed by atoms with Crippen molar-refractivity contribution >= 4 is 35.9 Å². The van der Waals surface area contributed by atoms with E-state index in [2.05, 4.69) is 0 Å². The number of phenols is 2. The number of benzene rings is 3. The number of anilines is 1. The van der Waals surface area contributed by atoms with Gasteiger partial charge < -0.3 is 34.4 Å². The van der Waals surface area contributed by atoms with E-state index < -0.39 is 29.7 Å². The summed E-state index contributed by atoms with van der Waals surface area (Å²) in [5, 5.41) is 39.4. The number of hydrogen-bond donors (Lipinski definition) is 4. The number of likely N-dealkylation sites (N-methyl/N-ethyl adjacent to an activating group) is 1. The quantitative estimate of drug-likeness (QED) is 0.130. The Kier molecular flexibility index (Phi) is 6.97. The van der Waals surface area contributed by atoms with E-state index in [1.54, 1.807) is 18.2 Å². The number of aromatic hydroxyl groups is 2. The maximum atomic E-state index is 13.3. The van der Waals surface area contributed by atoms with Crippen LogP contribution in [0.3, 0.4) is 0 Å². The Balaban J connectivity index is 1.55. The molecule has 0 fully saturated rings. The highest BCUT2D eigenvalue weighted by Crippen LogP contribution is 2.57. The highest BCUT2D eigenvalue weighted by Gasteiger charge is 2.54. The average Bonchev–Trinajstić information content (AvgIpc) is 3.14. The third kappa shape index (κ3) is 5.22. The smallest absolute Gasteiger partial charge is 0.423 e. The largest absolute Gasteiger partial charge is 0.508 e. The molecular weight excluding hydrogens is 556 g/mol. The molecule has 1 amide bonds. The molecule has 0 saturated carbocycles. The molecule has 1 spiro atoms. The normalized spacial score (nSPS) is 15.2. The minimum atomic E-state index is -1.50. The zero-order chi connectivity index (χ0) is 29.7. The monoisotopic (exact) mass is 583 g/mol. The summed E-state index contributed by atoms with van der Waals surface area (Å²) in [4.78, 5) is 36.9. The van der Waals surface area contributed by atoms with E-state index in [1.807, 2.05) is 21.1 Å². The summed E-state index contributed by atoms with van der Waals surface area (Å²) < 4.78 is 18.8. The summed E-state index contributed by atoms with van der Waals surface area (Å²) in [5.74, 6) is -1.55. The number of carbonyl (C=O) groups is 3. The number of ether oxygens (including phenoxy) is 2. The summed E-state index contributed by atoms with van der Waals surface area (Å²) in [6, 6.07) is 13.1. The minimum absolute atomic E-state index is 0.0806. The summed E-state index contributed by atoms with van der Waals surface area (Å²) in [6.45, 7) is 0.303. The zero-order valence-electron chi connectivity index (χ0n) is 22.2. The van der Waals surface area contributed by atoms with Crippen molar-refractivity contribution in [2.24, 2.45) is 0 Å². The van der Waals surface area contributed by atoms with Crippen LogP contribution >= 0.6 is 12.2 Å². The van der Waals surface area contributed by atoms with Crippen LogP contribution in [0.2, 0.25) is 0 Å². The maximum absolute atomic E-state index is 13.3. The predicted molar refractivity (Wildman–Crippen MR) is 146 cm³/mol. The van der Waals surface area contributed by atoms with E-state index >= 15 is 0 Å². The van der Waals surface area contributed by atoms with Crippen molar-refractivity contribution in [2.75, 3.05) is 32.0 Å².